The van der Waals surface area contributed by atoms with E-state index in [-0.39, 0.29) is 0 Å². The average molecular weight is 346 g/mol. The fourth-order valence-electron chi connectivity index (χ4n) is 3.05. The number of rotatable bonds is 4. The Bertz CT molecular complexity index is 641. The summed E-state index contributed by atoms with van der Waals surface area (Å²) in [5.41, 5.74) is 4.13. The molecule has 1 unspecified atom stereocenters. The first-order valence-electron chi connectivity index (χ1n) is 7.35. The second kappa shape index (κ2) is 6.20. The number of fused-ring (bicyclic) bond motifs is 1. The summed E-state index contributed by atoms with van der Waals surface area (Å²) >= 11 is 3.54. The number of methoxy groups -OCH3 is 1. The summed E-state index contributed by atoms with van der Waals surface area (Å²) in [5, 5.41) is 3.75. The van der Waals surface area contributed by atoms with Crippen molar-refractivity contribution in [1.29, 1.82) is 0 Å². The van der Waals surface area contributed by atoms with E-state index in [0.717, 1.165) is 23.1 Å². The number of hydrogen-bond acceptors (Lipinski definition) is 2. The summed E-state index contributed by atoms with van der Waals surface area (Å²) < 4.78 is 6.49. The first-order chi connectivity index (χ1) is 10.2. The molecule has 110 valence electrons. The van der Waals surface area contributed by atoms with Crippen molar-refractivity contribution in [2.24, 2.45) is 0 Å². The van der Waals surface area contributed by atoms with Gasteiger partial charge in [-0.05, 0) is 60.7 Å². The lowest BCUT2D eigenvalue weighted by Gasteiger charge is -2.21. The zero-order valence-electron chi connectivity index (χ0n) is 12.4. The Balaban J connectivity index is 1.78. The molecule has 3 heteroatoms. The molecule has 0 aromatic heterocycles. The third kappa shape index (κ3) is 3.14. The van der Waals surface area contributed by atoms with E-state index in [0.29, 0.717) is 12.1 Å². The molecule has 0 amide bonds. The van der Waals surface area contributed by atoms with Crippen LogP contribution in [0.1, 0.15) is 42.1 Å². The van der Waals surface area contributed by atoms with Gasteiger partial charge in [0.15, 0.2) is 0 Å². The molecule has 0 bridgehead atoms. The largest absolute Gasteiger partial charge is 0.497 e. The van der Waals surface area contributed by atoms with Crippen LogP contribution in [0.4, 0.5) is 0 Å². The number of halogens is 1. The first kappa shape index (κ1) is 14.6. The smallest absolute Gasteiger partial charge is 0.119 e. The predicted octanol–water partition coefficient (Wildman–Crippen LogP) is 4.80. The van der Waals surface area contributed by atoms with Crippen LogP contribution in [0, 0.1) is 0 Å². The van der Waals surface area contributed by atoms with Gasteiger partial charge in [-0.15, -0.1) is 0 Å². The van der Waals surface area contributed by atoms with Gasteiger partial charge in [0.1, 0.15) is 5.75 Å². The minimum Gasteiger partial charge on any atom is -0.497 e. The van der Waals surface area contributed by atoms with Gasteiger partial charge < -0.3 is 10.1 Å². The molecule has 0 saturated carbocycles. The zero-order valence-corrected chi connectivity index (χ0v) is 14.0. The van der Waals surface area contributed by atoms with Crippen LogP contribution in [0.2, 0.25) is 0 Å². The van der Waals surface area contributed by atoms with Crippen LogP contribution in [0.25, 0.3) is 0 Å². The second-order valence-electron chi connectivity index (χ2n) is 5.60. The van der Waals surface area contributed by atoms with E-state index >= 15 is 0 Å². The maximum Gasteiger partial charge on any atom is 0.119 e. The van der Waals surface area contributed by atoms with E-state index in [4.69, 9.17) is 4.74 Å². The standard InChI is InChI=1S/C18H20BrNO/c1-12(14-4-3-5-15(19)10-14)20-18-9-7-13-6-8-16(21-2)11-17(13)18/h3-6,8,10-12,18,20H,7,9H2,1-2H3/t12-,18?/m0/s1. The molecule has 3 rings (SSSR count). The van der Waals surface area contributed by atoms with Crippen LogP contribution in [0.5, 0.6) is 5.75 Å². The molecule has 21 heavy (non-hydrogen) atoms. The fraction of sp³-hybridized carbons (Fsp3) is 0.333. The Morgan fingerprint density at radius 2 is 2.10 bits per heavy atom. The quantitative estimate of drug-likeness (QED) is 0.859. The van der Waals surface area contributed by atoms with Gasteiger partial charge in [0.25, 0.3) is 0 Å². The number of hydrogen-bond donors (Lipinski definition) is 1. The molecule has 0 radical (unpaired) electrons. The SMILES string of the molecule is COc1ccc2c(c1)C(N[C@@H](C)c1cccc(Br)c1)CC2. The van der Waals surface area contributed by atoms with Crippen molar-refractivity contribution in [3.8, 4) is 5.75 Å². The molecular formula is C18H20BrNO. The zero-order chi connectivity index (χ0) is 14.8. The van der Waals surface area contributed by atoms with Crippen LogP contribution in [-0.4, -0.2) is 7.11 Å². The van der Waals surface area contributed by atoms with Crippen molar-refractivity contribution in [1.82, 2.24) is 5.32 Å². The lowest BCUT2D eigenvalue weighted by molar-refractivity contribution is 0.412. The van der Waals surface area contributed by atoms with Crippen molar-refractivity contribution in [3.05, 3.63) is 63.6 Å². The van der Waals surface area contributed by atoms with Gasteiger partial charge in [0.2, 0.25) is 0 Å². The Labute approximate surface area is 134 Å². The highest BCUT2D eigenvalue weighted by molar-refractivity contribution is 9.10. The fourth-order valence-corrected chi connectivity index (χ4v) is 3.47. The van der Waals surface area contributed by atoms with E-state index in [1.165, 1.54) is 16.7 Å². The molecule has 2 aromatic carbocycles. The molecule has 1 aliphatic carbocycles. The molecule has 2 aromatic rings. The molecule has 2 atom stereocenters. The topological polar surface area (TPSA) is 21.3 Å². The van der Waals surface area contributed by atoms with Gasteiger partial charge in [-0.3, -0.25) is 0 Å². The third-order valence-electron chi connectivity index (χ3n) is 4.23. The summed E-state index contributed by atoms with van der Waals surface area (Å²) in [4.78, 5) is 0. The minimum atomic E-state index is 0.324. The highest BCUT2D eigenvalue weighted by Gasteiger charge is 2.24. The highest BCUT2D eigenvalue weighted by Crippen LogP contribution is 2.35. The van der Waals surface area contributed by atoms with E-state index in [9.17, 15) is 0 Å². The van der Waals surface area contributed by atoms with E-state index < -0.39 is 0 Å². The molecule has 1 N–H and O–H groups in total. The summed E-state index contributed by atoms with van der Waals surface area (Å²) in [7, 11) is 1.73. The molecule has 0 spiro atoms. The Hall–Kier alpha value is -1.32. The maximum absolute atomic E-state index is 5.36. The maximum atomic E-state index is 5.36. The number of ether oxygens (including phenoxy) is 1. The summed E-state index contributed by atoms with van der Waals surface area (Å²) in [5.74, 6) is 0.942. The summed E-state index contributed by atoms with van der Waals surface area (Å²) in [6, 6.07) is 15.7. The Morgan fingerprint density at radius 3 is 2.86 bits per heavy atom. The summed E-state index contributed by atoms with van der Waals surface area (Å²) in [6.45, 7) is 2.22. The molecule has 0 aliphatic heterocycles. The summed E-state index contributed by atoms with van der Waals surface area (Å²) in [6.07, 6.45) is 2.29. The van der Waals surface area contributed by atoms with Crippen molar-refractivity contribution in [2.75, 3.05) is 7.11 Å². The van der Waals surface area contributed by atoms with Crippen molar-refractivity contribution >= 4 is 15.9 Å². The van der Waals surface area contributed by atoms with Gasteiger partial charge in [-0.2, -0.15) is 0 Å². The predicted molar refractivity (Wildman–Crippen MR) is 89.7 cm³/mol. The molecule has 0 fully saturated rings. The normalized spacial score (nSPS) is 18.3. The van der Waals surface area contributed by atoms with Gasteiger partial charge in [-0.1, -0.05) is 34.1 Å². The number of benzene rings is 2. The Morgan fingerprint density at radius 1 is 1.24 bits per heavy atom. The minimum absolute atomic E-state index is 0.324. The van der Waals surface area contributed by atoms with E-state index in [1.54, 1.807) is 7.11 Å². The van der Waals surface area contributed by atoms with Crippen LogP contribution >= 0.6 is 15.9 Å². The number of aryl methyl sites for hydroxylation is 1. The van der Waals surface area contributed by atoms with Crippen molar-refractivity contribution in [3.63, 3.8) is 0 Å². The molecular weight excluding hydrogens is 326 g/mol. The molecule has 2 nitrogen and oxygen atoms in total. The monoisotopic (exact) mass is 345 g/mol. The van der Waals surface area contributed by atoms with E-state index in [1.807, 2.05) is 0 Å². The van der Waals surface area contributed by atoms with Crippen LogP contribution in [-0.2, 0) is 6.42 Å². The lowest BCUT2D eigenvalue weighted by Crippen LogP contribution is -2.23. The highest BCUT2D eigenvalue weighted by atomic mass is 79.9. The van der Waals surface area contributed by atoms with Crippen LogP contribution in [0.15, 0.2) is 46.9 Å². The van der Waals surface area contributed by atoms with Gasteiger partial charge in [0, 0.05) is 16.6 Å². The second-order valence-corrected chi connectivity index (χ2v) is 6.52. The van der Waals surface area contributed by atoms with Crippen molar-refractivity contribution in [2.45, 2.75) is 31.8 Å². The van der Waals surface area contributed by atoms with Crippen molar-refractivity contribution < 1.29 is 4.74 Å². The molecule has 1 aliphatic rings. The average Bonchev–Trinajstić information content (AvgIpc) is 2.89. The first-order valence-corrected chi connectivity index (χ1v) is 8.15. The van der Waals surface area contributed by atoms with Gasteiger partial charge in [-0.25, -0.2) is 0 Å². The van der Waals surface area contributed by atoms with E-state index in [2.05, 4.69) is 70.6 Å². The van der Waals surface area contributed by atoms with Gasteiger partial charge in [0.05, 0.1) is 7.11 Å². The van der Waals surface area contributed by atoms with Crippen LogP contribution < -0.4 is 10.1 Å². The Kier molecular flexibility index (Phi) is 4.32. The number of nitrogens with one attached hydrogen (secondary N) is 1. The van der Waals surface area contributed by atoms with Crippen LogP contribution in [0.3, 0.4) is 0 Å². The lowest BCUT2D eigenvalue weighted by atomic mass is 10.0. The molecule has 0 saturated heterocycles. The molecule has 0 heterocycles. The van der Waals surface area contributed by atoms with Gasteiger partial charge >= 0.3 is 0 Å². The third-order valence-corrected chi connectivity index (χ3v) is 4.72.